The maximum atomic E-state index is 14.0. The second kappa shape index (κ2) is 7.39. The van der Waals surface area contributed by atoms with Crippen molar-refractivity contribution in [3.63, 3.8) is 0 Å². The van der Waals surface area contributed by atoms with Gasteiger partial charge in [0, 0.05) is 32.6 Å². The summed E-state index contributed by atoms with van der Waals surface area (Å²) >= 11 is 1.71. The van der Waals surface area contributed by atoms with Crippen LogP contribution in [0, 0.1) is 5.82 Å². The lowest BCUT2D eigenvalue weighted by atomic mass is 10.00. The molecule has 0 spiro atoms. The molecule has 30 heavy (non-hydrogen) atoms. The lowest BCUT2D eigenvalue weighted by molar-refractivity contribution is 0.102. The molecule has 1 aromatic heterocycles. The third-order valence-corrected chi connectivity index (χ3v) is 6.28. The molecular formula is C24H17FN2O2S. The number of benzene rings is 3. The summed E-state index contributed by atoms with van der Waals surface area (Å²) in [6.07, 6.45) is 1.83. The Balaban J connectivity index is 1.52. The first-order chi connectivity index (χ1) is 14.6. The van der Waals surface area contributed by atoms with Crippen LogP contribution in [0.5, 0.6) is 5.75 Å². The van der Waals surface area contributed by atoms with Gasteiger partial charge in [0.1, 0.15) is 0 Å². The molecule has 0 atom stereocenters. The summed E-state index contributed by atoms with van der Waals surface area (Å²) in [4.78, 5) is 18.2. The molecule has 0 saturated heterocycles. The van der Waals surface area contributed by atoms with Crippen LogP contribution in [0.25, 0.3) is 20.5 Å². The van der Waals surface area contributed by atoms with Crippen LogP contribution in [0.3, 0.4) is 0 Å². The Morgan fingerprint density at radius 3 is 2.80 bits per heavy atom. The fourth-order valence-corrected chi connectivity index (χ4v) is 4.75. The number of halogens is 1. The fraction of sp³-hybridized carbons (Fsp3) is 0.0833. The third-order valence-electron chi connectivity index (χ3n) is 5.13. The van der Waals surface area contributed by atoms with E-state index >= 15 is 0 Å². The van der Waals surface area contributed by atoms with E-state index in [1.54, 1.807) is 17.4 Å². The van der Waals surface area contributed by atoms with Gasteiger partial charge in [-0.25, -0.2) is 4.39 Å². The van der Waals surface area contributed by atoms with Crippen molar-refractivity contribution in [2.75, 3.05) is 12.4 Å². The molecule has 1 aliphatic heterocycles. The van der Waals surface area contributed by atoms with Crippen molar-refractivity contribution in [1.82, 2.24) is 0 Å². The van der Waals surface area contributed by atoms with Crippen molar-refractivity contribution >= 4 is 39.2 Å². The number of hydrogen-bond donors (Lipinski definition) is 1. The molecular weight excluding hydrogens is 399 g/mol. The Morgan fingerprint density at radius 1 is 1.13 bits per heavy atom. The average Bonchev–Trinajstić information content (AvgIpc) is 3.39. The van der Waals surface area contributed by atoms with Gasteiger partial charge in [-0.05, 0) is 59.0 Å². The smallest absolute Gasteiger partial charge is 0.255 e. The number of hydrogen-bond acceptors (Lipinski definition) is 4. The molecule has 0 radical (unpaired) electrons. The molecule has 1 amide bonds. The van der Waals surface area contributed by atoms with Gasteiger partial charge in [0.2, 0.25) is 0 Å². The number of fused-ring (bicyclic) bond motifs is 2. The molecule has 2 heterocycles. The van der Waals surface area contributed by atoms with Crippen LogP contribution in [-0.2, 0) is 6.54 Å². The van der Waals surface area contributed by atoms with Crippen molar-refractivity contribution < 1.29 is 13.9 Å². The highest BCUT2D eigenvalue weighted by atomic mass is 32.1. The number of anilines is 1. The molecule has 3 aromatic carbocycles. The Morgan fingerprint density at radius 2 is 2.00 bits per heavy atom. The Kier molecular flexibility index (Phi) is 4.56. The van der Waals surface area contributed by atoms with E-state index in [2.05, 4.69) is 28.5 Å². The summed E-state index contributed by atoms with van der Waals surface area (Å²) in [6, 6.07) is 18.4. The number of amides is 1. The highest BCUT2D eigenvalue weighted by Crippen LogP contribution is 2.39. The summed E-state index contributed by atoms with van der Waals surface area (Å²) in [5.41, 5.74) is 4.07. The van der Waals surface area contributed by atoms with Crippen LogP contribution in [0.15, 0.2) is 65.7 Å². The van der Waals surface area contributed by atoms with E-state index in [1.807, 2.05) is 30.5 Å². The van der Waals surface area contributed by atoms with E-state index in [-0.39, 0.29) is 17.2 Å². The highest BCUT2D eigenvalue weighted by molar-refractivity contribution is 7.22. The minimum atomic E-state index is -0.572. The number of carbonyl (C=O) groups excluding carboxylic acids is 1. The zero-order valence-corrected chi connectivity index (χ0v) is 16.9. The quantitative estimate of drug-likeness (QED) is 0.450. The van der Waals surface area contributed by atoms with Crippen molar-refractivity contribution in [2.24, 2.45) is 4.99 Å². The first-order valence-electron chi connectivity index (χ1n) is 9.43. The molecule has 0 bridgehead atoms. The standard InChI is InChI=1S/C24H17FN2O2S/c1-29-21-7-6-15(9-20(21)25)24(28)27-17-8-16-12-26-13-19(16)18(11-17)23-10-14-4-2-3-5-22(14)30-23/h2-12H,13H2,1H3,(H,27,28). The Labute approximate surface area is 176 Å². The van der Waals surface area contributed by atoms with Crippen LogP contribution in [-0.4, -0.2) is 19.2 Å². The van der Waals surface area contributed by atoms with Gasteiger partial charge in [-0.1, -0.05) is 18.2 Å². The fourth-order valence-electron chi connectivity index (χ4n) is 3.64. The molecule has 0 fully saturated rings. The predicted molar refractivity (Wildman–Crippen MR) is 119 cm³/mol. The molecule has 6 heteroatoms. The molecule has 148 valence electrons. The highest BCUT2D eigenvalue weighted by Gasteiger charge is 2.18. The number of aliphatic imine (C=N–C) groups is 1. The lowest BCUT2D eigenvalue weighted by Crippen LogP contribution is -2.13. The minimum absolute atomic E-state index is 0.104. The normalized spacial score (nSPS) is 12.2. The first-order valence-corrected chi connectivity index (χ1v) is 10.2. The van der Waals surface area contributed by atoms with Crippen molar-refractivity contribution in [3.8, 4) is 16.2 Å². The molecule has 1 N–H and O–H groups in total. The second-order valence-electron chi connectivity index (χ2n) is 7.01. The van der Waals surface area contributed by atoms with Gasteiger partial charge >= 0.3 is 0 Å². The van der Waals surface area contributed by atoms with E-state index in [9.17, 15) is 9.18 Å². The summed E-state index contributed by atoms with van der Waals surface area (Å²) in [5, 5.41) is 4.08. The number of methoxy groups -OCH3 is 1. The first kappa shape index (κ1) is 18.5. The van der Waals surface area contributed by atoms with Crippen LogP contribution < -0.4 is 10.1 Å². The average molecular weight is 416 g/mol. The van der Waals surface area contributed by atoms with Crippen LogP contribution in [0.4, 0.5) is 10.1 Å². The van der Waals surface area contributed by atoms with Crippen LogP contribution >= 0.6 is 11.3 Å². The van der Waals surface area contributed by atoms with E-state index in [4.69, 9.17) is 4.74 Å². The lowest BCUT2D eigenvalue weighted by Gasteiger charge is -2.12. The van der Waals surface area contributed by atoms with E-state index in [0.717, 1.165) is 21.6 Å². The SMILES string of the molecule is COc1ccc(C(=O)Nc2cc3c(c(-c4cc5ccccc5s4)c2)CN=C3)cc1F. The summed E-state index contributed by atoms with van der Waals surface area (Å²) in [6.45, 7) is 0.622. The van der Waals surface area contributed by atoms with E-state index in [0.29, 0.717) is 12.2 Å². The van der Waals surface area contributed by atoms with E-state index < -0.39 is 5.82 Å². The largest absolute Gasteiger partial charge is 0.494 e. The minimum Gasteiger partial charge on any atom is -0.494 e. The van der Waals surface area contributed by atoms with Gasteiger partial charge < -0.3 is 10.1 Å². The summed E-state index contributed by atoms with van der Waals surface area (Å²) in [5.74, 6) is -0.849. The predicted octanol–water partition coefficient (Wildman–Crippen LogP) is 5.90. The third kappa shape index (κ3) is 3.25. The van der Waals surface area contributed by atoms with Gasteiger partial charge in [-0.15, -0.1) is 11.3 Å². The molecule has 0 saturated carbocycles. The Bertz CT molecular complexity index is 1290. The Hall–Kier alpha value is -3.51. The van der Waals surface area contributed by atoms with Gasteiger partial charge in [0.15, 0.2) is 11.6 Å². The zero-order valence-electron chi connectivity index (χ0n) is 16.1. The van der Waals surface area contributed by atoms with Crippen molar-refractivity contribution in [3.05, 3.63) is 83.2 Å². The number of nitrogens with zero attached hydrogens (tertiary/aromatic N) is 1. The number of thiophene rings is 1. The van der Waals surface area contributed by atoms with Gasteiger partial charge in [-0.2, -0.15) is 0 Å². The second-order valence-corrected chi connectivity index (χ2v) is 8.10. The number of ether oxygens (including phenoxy) is 1. The molecule has 0 unspecified atom stereocenters. The van der Waals surface area contributed by atoms with Gasteiger partial charge in [0.05, 0.1) is 13.7 Å². The van der Waals surface area contributed by atoms with Gasteiger partial charge in [0.25, 0.3) is 5.91 Å². The number of rotatable bonds is 4. The maximum absolute atomic E-state index is 14.0. The number of carbonyl (C=O) groups is 1. The molecule has 4 nitrogen and oxygen atoms in total. The zero-order chi connectivity index (χ0) is 20.7. The van der Waals surface area contributed by atoms with E-state index in [1.165, 1.54) is 29.3 Å². The monoisotopic (exact) mass is 416 g/mol. The topological polar surface area (TPSA) is 50.7 Å². The number of nitrogens with one attached hydrogen (secondary N) is 1. The van der Waals surface area contributed by atoms with Crippen LogP contribution in [0.2, 0.25) is 0 Å². The van der Waals surface area contributed by atoms with Crippen molar-refractivity contribution in [1.29, 1.82) is 0 Å². The molecule has 1 aliphatic rings. The van der Waals surface area contributed by atoms with Crippen LogP contribution in [0.1, 0.15) is 21.5 Å². The van der Waals surface area contributed by atoms with Crippen molar-refractivity contribution in [2.45, 2.75) is 6.54 Å². The summed E-state index contributed by atoms with van der Waals surface area (Å²) in [7, 11) is 1.39. The maximum Gasteiger partial charge on any atom is 0.255 e. The summed E-state index contributed by atoms with van der Waals surface area (Å²) < 4.78 is 20.1. The molecule has 4 aromatic rings. The van der Waals surface area contributed by atoms with Gasteiger partial charge in [-0.3, -0.25) is 9.79 Å². The molecule has 0 aliphatic carbocycles. The molecule has 5 rings (SSSR count).